The standard InChI is InChI=1S/C13H20N2O2S/c1-3-18(16,17)13-6-4-12(5-7-13)15(2)10-11-8-14-9-11/h4-7,11,14H,3,8-10H2,1-2H3. The molecule has 1 heterocycles. The Labute approximate surface area is 109 Å². The molecule has 1 aliphatic heterocycles. The molecule has 1 N–H and O–H groups in total. The highest BCUT2D eigenvalue weighted by Crippen LogP contribution is 2.19. The van der Waals surface area contributed by atoms with Gasteiger partial charge in [-0.1, -0.05) is 6.92 Å². The van der Waals surface area contributed by atoms with Gasteiger partial charge in [-0.3, -0.25) is 0 Å². The highest BCUT2D eigenvalue weighted by atomic mass is 32.2. The van der Waals surface area contributed by atoms with E-state index in [0.717, 1.165) is 25.3 Å². The van der Waals surface area contributed by atoms with Crippen LogP contribution in [0.3, 0.4) is 0 Å². The van der Waals surface area contributed by atoms with Crippen LogP contribution in [0.1, 0.15) is 6.92 Å². The van der Waals surface area contributed by atoms with Crippen molar-refractivity contribution in [3.8, 4) is 0 Å². The molecular weight excluding hydrogens is 248 g/mol. The fourth-order valence-corrected chi connectivity index (χ4v) is 2.93. The fraction of sp³-hybridized carbons (Fsp3) is 0.538. The van der Waals surface area contributed by atoms with E-state index >= 15 is 0 Å². The predicted octanol–water partition coefficient (Wildman–Crippen LogP) is 1.14. The topological polar surface area (TPSA) is 49.4 Å². The van der Waals surface area contributed by atoms with Gasteiger partial charge in [-0.25, -0.2) is 8.42 Å². The van der Waals surface area contributed by atoms with Gasteiger partial charge in [-0.2, -0.15) is 0 Å². The summed E-state index contributed by atoms with van der Waals surface area (Å²) >= 11 is 0. The van der Waals surface area contributed by atoms with Crippen molar-refractivity contribution in [3.63, 3.8) is 0 Å². The summed E-state index contributed by atoms with van der Waals surface area (Å²) in [5.41, 5.74) is 1.07. The Morgan fingerprint density at radius 2 is 1.89 bits per heavy atom. The van der Waals surface area contributed by atoms with Crippen molar-refractivity contribution in [2.75, 3.05) is 37.3 Å². The lowest BCUT2D eigenvalue weighted by atomic mass is 10.0. The highest BCUT2D eigenvalue weighted by molar-refractivity contribution is 7.91. The zero-order chi connectivity index (χ0) is 13.2. The second-order valence-electron chi connectivity index (χ2n) is 4.80. The van der Waals surface area contributed by atoms with E-state index in [-0.39, 0.29) is 5.75 Å². The van der Waals surface area contributed by atoms with E-state index in [9.17, 15) is 8.42 Å². The van der Waals surface area contributed by atoms with E-state index in [2.05, 4.69) is 10.2 Å². The lowest BCUT2D eigenvalue weighted by molar-refractivity contribution is 0.353. The van der Waals surface area contributed by atoms with Gasteiger partial charge in [0.05, 0.1) is 10.6 Å². The summed E-state index contributed by atoms with van der Waals surface area (Å²) < 4.78 is 23.4. The van der Waals surface area contributed by atoms with Crippen LogP contribution in [-0.2, 0) is 9.84 Å². The lowest BCUT2D eigenvalue weighted by Gasteiger charge is -2.32. The first-order valence-corrected chi connectivity index (χ1v) is 7.93. The molecule has 1 aliphatic rings. The Hall–Kier alpha value is -1.07. The molecular formula is C13H20N2O2S. The van der Waals surface area contributed by atoms with Crippen molar-refractivity contribution in [3.05, 3.63) is 24.3 Å². The quantitative estimate of drug-likeness (QED) is 0.870. The minimum Gasteiger partial charge on any atom is -0.374 e. The first kappa shape index (κ1) is 13.4. The Balaban J connectivity index is 2.07. The van der Waals surface area contributed by atoms with Gasteiger partial charge in [0.15, 0.2) is 9.84 Å². The Morgan fingerprint density at radius 1 is 1.28 bits per heavy atom. The van der Waals surface area contributed by atoms with Gasteiger partial charge in [0.2, 0.25) is 0 Å². The maximum atomic E-state index is 11.7. The number of anilines is 1. The molecule has 0 bridgehead atoms. The average Bonchev–Trinajstić information content (AvgIpc) is 2.33. The van der Waals surface area contributed by atoms with Crippen LogP contribution in [-0.4, -0.2) is 40.9 Å². The van der Waals surface area contributed by atoms with Gasteiger partial charge in [0, 0.05) is 38.3 Å². The largest absolute Gasteiger partial charge is 0.374 e. The number of nitrogens with zero attached hydrogens (tertiary/aromatic N) is 1. The number of benzene rings is 1. The Bertz CT molecular complexity index is 492. The van der Waals surface area contributed by atoms with Crippen LogP contribution in [0.15, 0.2) is 29.2 Å². The van der Waals surface area contributed by atoms with Gasteiger partial charge in [0.25, 0.3) is 0 Å². The van der Waals surface area contributed by atoms with Crippen LogP contribution in [0, 0.1) is 5.92 Å². The van der Waals surface area contributed by atoms with E-state index in [1.165, 1.54) is 0 Å². The van der Waals surface area contributed by atoms with Crippen LogP contribution in [0.2, 0.25) is 0 Å². The lowest BCUT2D eigenvalue weighted by Crippen LogP contribution is -2.47. The molecule has 0 amide bonds. The Kier molecular flexibility index (Phi) is 3.92. The van der Waals surface area contributed by atoms with Crippen LogP contribution in [0.4, 0.5) is 5.69 Å². The zero-order valence-electron chi connectivity index (χ0n) is 10.9. The molecule has 0 aromatic heterocycles. The van der Waals surface area contributed by atoms with Gasteiger partial charge in [-0.15, -0.1) is 0 Å². The zero-order valence-corrected chi connectivity index (χ0v) is 11.7. The van der Waals surface area contributed by atoms with Crippen LogP contribution < -0.4 is 10.2 Å². The number of nitrogens with one attached hydrogen (secondary N) is 1. The monoisotopic (exact) mass is 268 g/mol. The van der Waals surface area contributed by atoms with Crippen molar-refractivity contribution >= 4 is 15.5 Å². The minimum atomic E-state index is -3.09. The third-order valence-electron chi connectivity index (χ3n) is 3.41. The molecule has 0 spiro atoms. The molecule has 0 unspecified atom stereocenters. The molecule has 1 saturated heterocycles. The van der Waals surface area contributed by atoms with Gasteiger partial charge >= 0.3 is 0 Å². The maximum absolute atomic E-state index is 11.7. The molecule has 100 valence electrons. The predicted molar refractivity (Wildman–Crippen MR) is 73.8 cm³/mol. The first-order chi connectivity index (χ1) is 8.53. The van der Waals surface area contributed by atoms with Crippen molar-refractivity contribution in [2.24, 2.45) is 5.92 Å². The number of rotatable bonds is 5. The van der Waals surface area contributed by atoms with Crippen LogP contribution in [0.25, 0.3) is 0 Å². The second-order valence-corrected chi connectivity index (χ2v) is 7.08. The summed E-state index contributed by atoms with van der Waals surface area (Å²) in [6, 6.07) is 7.16. The summed E-state index contributed by atoms with van der Waals surface area (Å²) in [5, 5.41) is 3.25. The third kappa shape index (κ3) is 2.84. The smallest absolute Gasteiger partial charge is 0.178 e. The molecule has 5 heteroatoms. The van der Waals surface area contributed by atoms with Crippen molar-refractivity contribution in [2.45, 2.75) is 11.8 Å². The van der Waals surface area contributed by atoms with Crippen molar-refractivity contribution in [1.29, 1.82) is 0 Å². The summed E-state index contributed by atoms with van der Waals surface area (Å²) in [4.78, 5) is 2.58. The van der Waals surface area contributed by atoms with Gasteiger partial charge < -0.3 is 10.2 Å². The molecule has 0 atom stereocenters. The van der Waals surface area contributed by atoms with E-state index in [4.69, 9.17) is 0 Å². The SMILES string of the molecule is CCS(=O)(=O)c1ccc(N(C)CC2CNC2)cc1. The van der Waals surface area contributed by atoms with E-state index in [1.807, 2.05) is 19.2 Å². The number of hydrogen-bond acceptors (Lipinski definition) is 4. The highest BCUT2D eigenvalue weighted by Gasteiger charge is 2.19. The molecule has 0 radical (unpaired) electrons. The fourth-order valence-electron chi connectivity index (χ4n) is 2.04. The molecule has 1 aromatic carbocycles. The van der Waals surface area contributed by atoms with Crippen LogP contribution in [0.5, 0.6) is 0 Å². The average molecular weight is 268 g/mol. The molecule has 1 aromatic rings. The molecule has 0 saturated carbocycles. The molecule has 1 fully saturated rings. The maximum Gasteiger partial charge on any atom is 0.178 e. The molecule has 2 rings (SSSR count). The molecule has 0 aliphatic carbocycles. The summed E-state index contributed by atoms with van der Waals surface area (Å²) in [6.45, 7) is 4.82. The summed E-state index contributed by atoms with van der Waals surface area (Å²) in [5.74, 6) is 0.852. The Morgan fingerprint density at radius 3 is 2.33 bits per heavy atom. The van der Waals surface area contributed by atoms with Gasteiger partial charge in [-0.05, 0) is 24.3 Å². The van der Waals surface area contributed by atoms with Crippen molar-refractivity contribution < 1.29 is 8.42 Å². The van der Waals surface area contributed by atoms with E-state index in [1.54, 1.807) is 19.1 Å². The molecule has 18 heavy (non-hydrogen) atoms. The van der Waals surface area contributed by atoms with Crippen LogP contribution >= 0.6 is 0 Å². The van der Waals surface area contributed by atoms with Gasteiger partial charge in [0.1, 0.15) is 0 Å². The van der Waals surface area contributed by atoms with Crippen molar-refractivity contribution in [1.82, 2.24) is 5.32 Å². The minimum absolute atomic E-state index is 0.149. The summed E-state index contributed by atoms with van der Waals surface area (Å²) in [6.07, 6.45) is 0. The normalized spacial score (nSPS) is 16.3. The van der Waals surface area contributed by atoms with E-state index in [0.29, 0.717) is 10.8 Å². The third-order valence-corrected chi connectivity index (χ3v) is 5.17. The summed E-state index contributed by atoms with van der Waals surface area (Å²) in [7, 11) is -1.04. The number of hydrogen-bond donors (Lipinski definition) is 1. The first-order valence-electron chi connectivity index (χ1n) is 6.27. The second kappa shape index (κ2) is 5.28. The number of sulfone groups is 1. The van der Waals surface area contributed by atoms with E-state index < -0.39 is 9.84 Å². The molecule has 4 nitrogen and oxygen atoms in total.